The summed E-state index contributed by atoms with van der Waals surface area (Å²) in [4.78, 5) is 38.0. The van der Waals surface area contributed by atoms with Crippen molar-refractivity contribution in [3.05, 3.63) is 71.8 Å². The van der Waals surface area contributed by atoms with Crippen LogP contribution in [0.5, 0.6) is 0 Å². The molecule has 0 radical (unpaired) electrons. The number of nitrogens with one attached hydrogen (secondary N) is 1. The van der Waals surface area contributed by atoms with Crippen LogP contribution in [0.3, 0.4) is 0 Å². The van der Waals surface area contributed by atoms with Crippen LogP contribution in [-0.2, 0) is 14.3 Å². The Morgan fingerprint density at radius 1 is 0.971 bits per heavy atom. The number of aliphatic carboxylic acids is 1. The third kappa shape index (κ3) is 4.05. The number of carbonyl (C=O) groups is 3. The Morgan fingerprint density at radius 3 is 2.26 bits per heavy atom. The van der Waals surface area contributed by atoms with E-state index in [-0.39, 0.29) is 37.4 Å². The van der Waals surface area contributed by atoms with Crippen LogP contribution in [0.1, 0.15) is 29.9 Å². The number of aliphatic hydroxyl groups is 1. The van der Waals surface area contributed by atoms with Gasteiger partial charge < -0.3 is 25.2 Å². The molecule has 2 aliphatic carbocycles. The van der Waals surface area contributed by atoms with E-state index in [1.807, 2.05) is 24.3 Å². The van der Waals surface area contributed by atoms with Crippen molar-refractivity contribution in [2.24, 2.45) is 5.92 Å². The minimum absolute atomic E-state index is 0.00458. The smallest absolute Gasteiger partial charge is 0.407 e. The minimum atomic E-state index is -1.12. The molecule has 4 atom stereocenters. The summed E-state index contributed by atoms with van der Waals surface area (Å²) in [6.45, 7) is 0.204. The summed E-state index contributed by atoms with van der Waals surface area (Å²) in [5.74, 6) is -2.07. The van der Waals surface area contributed by atoms with Crippen molar-refractivity contribution in [2.45, 2.75) is 36.9 Å². The lowest BCUT2D eigenvalue weighted by Gasteiger charge is -2.24. The molecule has 3 aliphatic rings. The fourth-order valence-corrected chi connectivity index (χ4v) is 5.29. The number of rotatable bonds is 5. The van der Waals surface area contributed by atoms with Gasteiger partial charge in [0, 0.05) is 18.9 Å². The molecule has 2 aromatic rings. The fourth-order valence-electron chi connectivity index (χ4n) is 5.29. The van der Waals surface area contributed by atoms with Gasteiger partial charge in [0.05, 0.1) is 18.1 Å². The molecule has 2 unspecified atom stereocenters. The van der Waals surface area contributed by atoms with E-state index in [2.05, 4.69) is 29.6 Å². The SMILES string of the molecule is O=C(NC1C=CC(C(=O)N2C[C@H](O)C[C@H]2C(=O)O)C1)OCC1c2ccccc2-c2ccccc21. The van der Waals surface area contributed by atoms with Crippen LogP contribution in [0.15, 0.2) is 60.7 Å². The van der Waals surface area contributed by atoms with E-state index in [1.165, 1.54) is 4.90 Å². The third-order valence-electron chi connectivity index (χ3n) is 6.89. The van der Waals surface area contributed by atoms with Gasteiger partial charge in [0.1, 0.15) is 12.6 Å². The number of carboxylic acid groups (broad SMARTS) is 1. The monoisotopic (exact) mass is 462 g/mol. The molecule has 2 aromatic carbocycles. The Kier molecular flexibility index (Phi) is 5.83. The number of carbonyl (C=O) groups excluding carboxylic acids is 2. The average molecular weight is 463 g/mol. The predicted octanol–water partition coefficient (Wildman–Crippen LogP) is 2.52. The number of likely N-dealkylation sites (tertiary alicyclic amines) is 1. The second-order valence-corrected chi connectivity index (χ2v) is 9.04. The van der Waals surface area contributed by atoms with Crippen LogP contribution in [0, 0.1) is 5.92 Å². The molecule has 0 spiro atoms. The number of aliphatic hydroxyl groups excluding tert-OH is 1. The number of fused-ring (bicyclic) bond motifs is 3. The van der Waals surface area contributed by atoms with Gasteiger partial charge in [-0.1, -0.05) is 60.7 Å². The van der Waals surface area contributed by atoms with E-state index in [9.17, 15) is 24.6 Å². The maximum Gasteiger partial charge on any atom is 0.407 e. The maximum absolute atomic E-state index is 12.8. The first-order chi connectivity index (χ1) is 16.4. The second-order valence-electron chi connectivity index (χ2n) is 9.04. The maximum atomic E-state index is 12.8. The van der Waals surface area contributed by atoms with E-state index >= 15 is 0 Å². The van der Waals surface area contributed by atoms with E-state index in [0.717, 1.165) is 22.3 Å². The van der Waals surface area contributed by atoms with Gasteiger partial charge in [-0.25, -0.2) is 9.59 Å². The van der Waals surface area contributed by atoms with Crippen molar-refractivity contribution in [1.29, 1.82) is 0 Å². The highest BCUT2D eigenvalue weighted by Gasteiger charge is 2.42. The summed E-state index contributed by atoms with van der Waals surface area (Å²) in [6, 6.07) is 14.8. The summed E-state index contributed by atoms with van der Waals surface area (Å²) in [7, 11) is 0. The number of ether oxygens (including phenoxy) is 1. The second kappa shape index (κ2) is 8.95. The molecule has 1 heterocycles. The molecule has 5 rings (SSSR count). The van der Waals surface area contributed by atoms with E-state index < -0.39 is 30.1 Å². The van der Waals surface area contributed by atoms with Crippen molar-refractivity contribution in [3.63, 3.8) is 0 Å². The first-order valence-corrected chi connectivity index (χ1v) is 11.4. The van der Waals surface area contributed by atoms with Crippen molar-refractivity contribution in [2.75, 3.05) is 13.2 Å². The largest absolute Gasteiger partial charge is 0.480 e. The molecule has 0 bridgehead atoms. The van der Waals surface area contributed by atoms with E-state index in [4.69, 9.17) is 4.74 Å². The summed E-state index contributed by atoms with van der Waals surface area (Å²) in [6.07, 6.45) is 2.35. The lowest BCUT2D eigenvalue weighted by atomic mass is 9.98. The molecule has 176 valence electrons. The lowest BCUT2D eigenvalue weighted by Crippen LogP contribution is -2.44. The number of carboxylic acids is 1. The van der Waals surface area contributed by atoms with Gasteiger partial charge in [-0.3, -0.25) is 4.79 Å². The van der Waals surface area contributed by atoms with Crippen LogP contribution in [0.25, 0.3) is 11.1 Å². The molecule has 2 amide bonds. The molecule has 8 heteroatoms. The molecule has 3 N–H and O–H groups in total. The number of hydrogen-bond donors (Lipinski definition) is 3. The molecular formula is C26H26N2O6. The van der Waals surface area contributed by atoms with Gasteiger partial charge in [-0.2, -0.15) is 0 Å². The fraction of sp³-hybridized carbons (Fsp3) is 0.346. The predicted molar refractivity (Wildman–Crippen MR) is 123 cm³/mol. The quantitative estimate of drug-likeness (QED) is 0.588. The molecule has 1 aliphatic heterocycles. The Labute approximate surface area is 196 Å². The number of alkyl carbamates (subject to hydrolysis) is 1. The summed E-state index contributed by atoms with van der Waals surface area (Å²) >= 11 is 0. The van der Waals surface area contributed by atoms with Gasteiger partial charge >= 0.3 is 12.1 Å². The highest BCUT2D eigenvalue weighted by molar-refractivity contribution is 5.87. The first-order valence-electron chi connectivity index (χ1n) is 11.4. The standard InChI is InChI=1S/C26H26N2O6/c29-17-12-23(25(31)32)28(13-17)24(30)15-9-10-16(11-15)27-26(33)34-14-22-20-7-3-1-5-18(20)19-6-2-4-8-21(19)22/h1-10,15-17,22-23,29H,11-14H2,(H,27,33)(H,31,32)/t15?,16?,17-,23+/m1/s1. The van der Waals surface area contributed by atoms with Gasteiger partial charge in [0.25, 0.3) is 0 Å². The van der Waals surface area contributed by atoms with Crippen LogP contribution in [0.2, 0.25) is 0 Å². The Bertz CT molecular complexity index is 1120. The van der Waals surface area contributed by atoms with Crippen LogP contribution >= 0.6 is 0 Å². The van der Waals surface area contributed by atoms with Crippen molar-refractivity contribution >= 4 is 18.0 Å². The van der Waals surface area contributed by atoms with Crippen molar-refractivity contribution in [1.82, 2.24) is 10.2 Å². The van der Waals surface area contributed by atoms with Crippen LogP contribution in [0.4, 0.5) is 4.79 Å². The summed E-state index contributed by atoms with van der Waals surface area (Å²) in [5, 5.41) is 21.9. The zero-order valence-corrected chi connectivity index (χ0v) is 18.5. The third-order valence-corrected chi connectivity index (χ3v) is 6.89. The number of nitrogens with zero attached hydrogens (tertiary/aromatic N) is 1. The van der Waals surface area contributed by atoms with E-state index in [1.54, 1.807) is 12.2 Å². The molecule has 1 fully saturated rings. The number of benzene rings is 2. The Hall–Kier alpha value is -3.65. The summed E-state index contributed by atoms with van der Waals surface area (Å²) < 4.78 is 5.57. The average Bonchev–Trinajstić information content (AvgIpc) is 3.53. The first kappa shape index (κ1) is 22.2. The van der Waals surface area contributed by atoms with Gasteiger partial charge in [0.15, 0.2) is 0 Å². The van der Waals surface area contributed by atoms with E-state index in [0.29, 0.717) is 6.42 Å². The summed E-state index contributed by atoms with van der Waals surface area (Å²) in [5.41, 5.74) is 4.56. The Morgan fingerprint density at radius 2 is 1.62 bits per heavy atom. The molecule has 34 heavy (non-hydrogen) atoms. The number of β-amino-alcohol motifs (C(OH)–C–C–N with tert-alkyl or cyclic N) is 1. The highest BCUT2D eigenvalue weighted by Crippen LogP contribution is 2.44. The number of amides is 2. The highest BCUT2D eigenvalue weighted by atomic mass is 16.5. The van der Waals surface area contributed by atoms with Crippen LogP contribution < -0.4 is 5.32 Å². The normalized spacial score (nSPS) is 25.1. The van der Waals surface area contributed by atoms with Gasteiger partial charge in [-0.15, -0.1) is 0 Å². The zero-order chi connectivity index (χ0) is 23.8. The topological polar surface area (TPSA) is 116 Å². The molecule has 0 saturated carbocycles. The molecular weight excluding hydrogens is 436 g/mol. The van der Waals surface area contributed by atoms with Gasteiger partial charge in [0.2, 0.25) is 5.91 Å². The molecule has 8 nitrogen and oxygen atoms in total. The molecule has 0 aromatic heterocycles. The zero-order valence-electron chi connectivity index (χ0n) is 18.5. The van der Waals surface area contributed by atoms with Crippen molar-refractivity contribution in [3.8, 4) is 11.1 Å². The number of hydrogen-bond acceptors (Lipinski definition) is 5. The minimum Gasteiger partial charge on any atom is -0.480 e. The van der Waals surface area contributed by atoms with Crippen molar-refractivity contribution < 1.29 is 29.3 Å². The Balaban J connectivity index is 1.17. The lowest BCUT2D eigenvalue weighted by molar-refractivity contribution is -0.149. The van der Waals surface area contributed by atoms with Gasteiger partial charge in [-0.05, 0) is 28.7 Å². The van der Waals surface area contributed by atoms with Crippen LogP contribution in [-0.4, -0.2) is 64.4 Å². The molecule has 1 saturated heterocycles.